The fourth-order valence-electron chi connectivity index (χ4n) is 0.865. The molecular formula is C8H13N3. The number of anilines is 2. The minimum atomic E-state index is 1.06. The molecule has 1 aromatic carbocycles. The molecule has 3 heteroatoms. The molecule has 0 fully saturated rings. The summed E-state index contributed by atoms with van der Waals surface area (Å²) in [6.07, 6.45) is 0. The van der Waals surface area contributed by atoms with Crippen LogP contribution in [0.2, 0.25) is 0 Å². The van der Waals surface area contributed by atoms with E-state index in [1.165, 1.54) is 0 Å². The van der Waals surface area contributed by atoms with Crippen molar-refractivity contribution in [3.63, 3.8) is 0 Å². The van der Waals surface area contributed by atoms with Gasteiger partial charge in [0, 0.05) is 25.5 Å². The molecule has 0 heterocycles. The Labute approximate surface area is 66.8 Å². The molecular weight excluding hydrogens is 138 g/mol. The highest BCUT2D eigenvalue weighted by molar-refractivity contribution is 5.52. The van der Waals surface area contributed by atoms with Crippen molar-refractivity contribution in [1.29, 1.82) is 0 Å². The summed E-state index contributed by atoms with van der Waals surface area (Å²) in [6.45, 7) is 0. The maximum atomic E-state index is 3.05. The summed E-state index contributed by atoms with van der Waals surface area (Å²) in [6, 6.07) is 8.03. The molecule has 0 spiro atoms. The Kier molecular flexibility index (Phi) is 2.74. The van der Waals surface area contributed by atoms with Crippen LogP contribution in [-0.2, 0) is 0 Å². The number of rotatable bonds is 3. The molecule has 0 aliphatic rings. The Morgan fingerprint density at radius 1 is 0.909 bits per heavy atom. The monoisotopic (exact) mass is 151 g/mol. The molecule has 11 heavy (non-hydrogen) atoms. The molecule has 0 saturated heterocycles. The second-order valence-corrected chi connectivity index (χ2v) is 2.20. The first-order valence-electron chi connectivity index (χ1n) is 3.57. The van der Waals surface area contributed by atoms with E-state index in [0.29, 0.717) is 0 Å². The molecule has 3 nitrogen and oxygen atoms in total. The van der Waals surface area contributed by atoms with Gasteiger partial charge in [0.05, 0.1) is 0 Å². The molecule has 0 bridgehead atoms. The lowest BCUT2D eigenvalue weighted by atomic mass is 10.3. The van der Waals surface area contributed by atoms with Crippen molar-refractivity contribution in [1.82, 2.24) is 5.43 Å². The number of hydrogen-bond donors (Lipinski definition) is 3. The number of benzene rings is 1. The molecule has 3 N–H and O–H groups in total. The van der Waals surface area contributed by atoms with Crippen molar-refractivity contribution >= 4 is 11.4 Å². The summed E-state index contributed by atoms with van der Waals surface area (Å²) in [5.41, 5.74) is 8.01. The third kappa shape index (κ3) is 2.13. The molecule has 0 saturated carbocycles. The van der Waals surface area contributed by atoms with Crippen molar-refractivity contribution in [2.45, 2.75) is 0 Å². The summed E-state index contributed by atoms with van der Waals surface area (Å²) < 4.78 is 0. The van der Waals surface area contributed by atoms with E-state index in [1.807, 2.05) is 38.4 Å². The van der Waals surface area contributed by atoms with Gasteiger partial charge in [-0.2, -0.15) is 0 Å². The molecule has 0 aliphatic heterocycles. The highest BCUT2D eigenvalue weighted by atomic mass is 15.3. The molecule has 0 radical (unpaired) electrons. The van der Waals surface area contributed by atoms with E-state index >= 15 is 0 Å². The zero-order valence-corrected chi connectivity index (χ0v) is 6.81. The summed E-state index contributed by atoms with van der Waals surface area (Å²) in [7, 11) is 3.74. The van der Waals surface area contributed by atoms with Crippen molar-refractivity contribution in [2.24, 2.45) is 0 Å². The lowest BCUT2D eigenvalue weighted by Gasteiger charge is -2.04. The molecule has 0 aromatic heterocycles. The van der Waals surface area contributed by atoms with E-state index in [2.05, 4.69) is 16.2 Å². The first-order chi connectivity index (χ1) is 5.36. The van der Waals surface area contributed by atoms with E-state index in [4.69, 9.17) is 0 Å². The quantitative estimate of drug-likeness (QED) is 0.569. The lowest BCUT2D eigenvalue weighted by Crippen LogP contribution is -2.14. The summed E-state index contributed by atoms with van der Waals surface area (Å²) >= 11 is 0. The van der Waals surface area contributed by atoms with Crippen LogP contribution in [0.15, 0.2) is 24.3 Å². The molecule has 0 atom stereocenters. The van der Waals surface area contributed by atoms with Crippen LogP contribution < -0.4 is 16.2 Å². The van der Waals surface area contributed by atoms with E-state index < -0.39 is 0 Å². The van der Waals surface area contributed by atoms with Gasteiger partial charge in [-0.05, 0) is 24.3 Å². The predicted molar refractivity (Wildman–Crippen MR) is 48.7 cm³/mol. The van der Waals surface area contributed by atoms with Crippen LogP contribution in [0.1, 0.15) is 0 Å². The molecule has 1 rings (SSSR count). The predicted octanol–water partition coefficient (Wildman–Crippen LogP) is 1.27. The van der Waals surface area contributed by atoms with Crippen molar-refractivity contribution in [3.8, 4) is 0 Å². The Hall–Kier alpha value is -1.22. The normalized spacial score (nSPS) is 9.27. The fourth-order valence-corrected chi connectivity index (χ4v) is 0.865. The highest BCUT2D eigenvalue weighted by Gasteiger charge is 1.88. The second kappa shape index (κ2) is 3.83. The third-order valence-corrected chi connectivity index (χ3v) is 1.44. The topological polar surface area (TPSA) is 36.1 Å². The molecule has 0 unspecified atom stereocenters. The van der Waals surface area contributed by atoms with Crippen LogP contribution in [0.25, 0.3) is 0 Å². The van der Waals surface area contributed by atoms with Crippen molar-refractivity contribution < 1.29 is 0 Å². The van der Waals surface area contributed by atoms with Gasteiger partial charge in [-0.15, -0.1) is 0 Å². The SMILES string of the molecule is CNNc1ccc(NC)cc1. The van der Waals surface area contributed by atoms with E-state index in [9.17, 15) is 0 Å². The van der Waals surface area contributed by atoms with Gasteiger partial charge in [-0.25, -0.2) is 5.43 Å². The Bertz CT molecular complexity index is 205. The first-order valence-corrected chi connectivity index (χ1v) is 3.57. The van der Waals surface area contributed by atoms with Gasteiger partial charge in [0.25, 0.3) is 0 Å². The third-order valence-electron chi connectivity index (χ3n) is 1.44. The van der Waals surface area contributed by atoms with Crippen LogP contribution in [-0.4, -0.2) is 14.1 Å². The molecule has 60 valence electrons. The minimum absolute atomic E-state index is 1.06. The number of hydrogen-bond acceptors (Lipinski definition) is 3. The fraction of sp³-hybridized carbons (Fsp3) is 0.250. The Balaban J connectivity index is 2.66. The van der Waals surface area contributed by atoms with Crippen LogP contribution in [0.5, 0.6) is 0 Å². The van der Waals surface area contributed by atoms with Gasteiger partial charge in [0.2, 0.25) is 0 Å². The van der Waals surface area contributed by atoms with Crippen LogP contribution in [0.4, 0.5) is 11.4 Å². The van der Waals surface area contributed by atoms with E-state index in [1.54, 1.807) is 0 Å². The van der Waals surface area contributed by atoms with E-state index in [-0.39, 0.29) is 0 Å². The van der Waals surface area contributed by atoms with Crippen LogP contribution in [0, 0.1) is 0 Å². The van der Waals surface area contributed by atoms with Gasteiger partial charge >= 0.3 is 0 Å². The standard InChI is InChI=1S/C8H13N3/c1-9-7-3-5-8(6-4-7)11-10-2/h3-6,9-11H,1-2H3. The van der Waals surface area contributed by atoms with Crippen LogP contribution >= 0.6 is 0 Å². The first kappa shape index (κ1) is 7.88. The van der Waals surface area contributed by atoms with Gasteiger partial charge in [-0.3, -0.25) is 0 Å². The van der Waals surface area contributed by atoms with Gasteiger partial charge in [0.15, 0.2) is 0 Å². The molecule has 0 aliphatic carbocycles. The van der Waals surface area contributed by atoms with E-state index in [0.717, 1.165) is 11.4 Å². The maximum Gasteiger partial charge on any atom is 0.0488 e. The summed E-state index contributed by atoms with van der Waals surface area (Å²) in [5, 5.41) is 3.05. The maximum absolute atomic E-state index is 3.05. The average molecular weight is 151 g/mol. The number of hydrazine groups is 1. The highest BCUT2D eigenvalue weighted by Crippen LogP contribution is 2.11. The largest absolute Gasteiger partial charge is 0.388 e. The zero-order valence-electron chi connectivity index (χ0n) is 6.81. The van der Waals surface area contributed by atoms with Crippen molar-refractivity contribution in [2.75, 3.05) is 24.8 Å². The van der Waals surface area contributed by atoms with Crippen LogP contribution in [0.3, 0.4) is 0 Å². The Morgan fingerprint density at radius 3 is 1.91 bits per heavy atom. The second-order valence-electron chi connectivity index (χ2n) is 2.20. The van der Waals surface area contributed by atoms with Crippen molar-refractivity contribution in [3.05, 3.63) is 24.3 Å². The lowest BCUT2D eigenvalue weighted by molar-refractivity contribution is 0.984. The van der Waals surface area contributed by atoms with Gasteiger partial charge in [-0.1, -0.05) is 0 Å². The Morgan fingerprint density at radius 2 is 1.45 bits per heavy atom. The minimum Gasteiger partial charge on any atom is -0.388 e. The summed E-state index contributed by atoms with van der Waals surface area (Å²) in [5.74, 6) is 0. The van der Waals surface area contributed by atoms with Gasteiger partial charge < -0.3 is 10.7 Å². The number of nitrogens with one attached hydrogen (secondary N) is 3. The molecule has 1 aromatic rings. The average Bonchev–Trinajstić information content (AvgIpc) is 2.07. The van der Waals surface area contributed by atoms with Gasteiger partial charge in [0.1, 0.15) is 0 Å². The smallest absolute Gasteiger partial charge is 0.0488 e. The molecule has 0 amide bonds. The summed E-state index contributed by atoms with van der Waals surface area (Å²) in [4.78, 5) is 0. The zero-order chi connectivity index (χ0) is 8.10.